The number of furan rings is 1. The minimum atomic E-state index is -1.04. The van der Waals surface area contributed by atoms with Gasteiger partial charge in [0.2, 0.25) is 0 Å². The van der Waals surface area contributed by atoms with Gasteiger partial charge in [-0.3, -0.25) is 9.59 Å². The van der Waals surface area contributed by atoms with E-state index in [1.807, 2.05) is 45.0 Å². The molecule has 0 radical (unpaired) electrons. The molecule has 1 aliphatic carbocycles. The van der Waals surface area contributed by atoms with E-state index in [-0.39, 0.29) is 22.9 Å². The molecule has 1 aromatic heterocycles. The topological polar surface area (TPSA) is 109 Å². The summed E-state index contributed by atoms with van der Waals surface area (Å²) in [5.41, 5.74) is 4.69. The third-order valence-electron chi connectivity index (χ3n) is 7.81. The third kappa shape index (κ3) is 5.64. The summed E-state index contributed by atoms with van der Waals surface area (Å²) in [4.78, 5) is 39.0. The second-order valence-corrected chi connectivity index (χ2v) is 10.8. The second-order valence-electron chi connectivity index (χ2n) is 10.8. The number of rotatable bonds is 7. The van der Waals surface area contributed by atoms with Crippen LogP contribution in [0, 0.1) is 26.7 Å². The summed E-state index contributed by atoms with van der Waals surface area (Å²) in [7, 11) is 0. The number of nitrogens with one attached hydrogen (secondary N) is 2. The Morgan fingerprint density at radius 1 is 0.850 bits per heavy atom. The number of benzene rings is 3. The van der Waals surface area contributed by atoms with Gasteiger partial charge in [0, 0.05) is 5.56 Å². The number of aryl methyl sites for hydroxylation is 3. The average molecular weight is 539 g/mol. The lowest BCUT2D eigenvalue weighted by atomic mass is 9.83. The molecule has 40 heavy (non-hydrogen) atoms. The molecule has 1 atom stereocenters. The number of carboxylic acid groups (broad SMARTS) is 1. The average Bonchev–Trinajstić information content (AvgIpc) is 3.41. The van der Waals surface area contributed by atoms with Crippen molar-refractivity contribution in [1.29, 1.82) is 0 Å². The summed E-state index contributed by atoms with van der Waals surface area (Å²) in [5, 5.41) is 17.1. The summed E-state index contributed by atoms with van der Waals surface area (Å²) in [5.74, 6) is -1.50. The van der Waals surface area contributed by atoms with Crippen LogP contribution >= 0.6 is 0 Å². The highest BCUT2D eigenvalue weighted by atomic mass is 16.4. The number of anilines is 1. The molecule has 3 aromatic carbocycles. The number of fused-ring (bicyclic) bond motifs is 1. The van der Waals surface area contributed by atoms with E-state index in [1.165, 1.54) is 0 Å². The summed E-state index contributed by atoms with van der Waals surface area (Å²) >= 11 is 0. The van der Waals surface area contributed by atoms with E-state index < -0.39 is 23.8 Å². The predicted octanol–water partition coefficient (Wildman–Crippen LogP) is 7.04. The monoisotopic (exact) mass is 538 g/mol. The molecule has 3 N–H and O–H groups in total. The molecular formula is C33H34N2O5. The lowest BCUT2D eigenvalue weighted by molar-refractivity contribution is -0.141. The maximum atomic E-state index is 13.5. The summed E-state index contributed by atoms with van der Waals surface area (Å²) in [6, 6.07) is 17.5. The van der Waals surface area contributed by atoms with Crippen LogP contribution in [0.3, 0.4) is 0 Å². The molecular weight excluding hydrogens is 504 g/mol. The Balaban J connectivity index is 1.45. The van der Waals surface area contributed by atoms with Crippen LogP contribution in [0.15, 0.2) is 65.1 Å². The van der Waals surface area contributed by atoms with Crippen LogP contribution in [0.25, 0.3) is 22.1 Å². The van der Waals surface area contributed by atoms with Gasteiger partial charge in [-0.05, 0) is 85.7 Å². The fourth-order valence-electron chi connectivity index (χ4n) is 5.95. The molecule has 0 unspecified atom stereocenters. The first kappa shape index (κ1) is 27.2. The van der Waals surface area contributed by atoms with E-state index in [4.69, 9.17) is 4.42 Å². The predicted molar refractivity (Wildman–Crippen MR) is 156 cm³/mol. The maximum Gasteiger partial charge on any atom is 0.326 e. The number of aliphatic carboxylic acids is 1. The van der Waals surface area contributed by atoms with Crippen molar-refractivity contribution in [2.24, 2.45) is 5.92 Å². The minimum absolute atomic E-state index is 0.111. The van der Waals surface area contributed by atoms with Crippen LogP contribution in [0.2, 0.25) is 0 Å². The molecule has 2 amide bonds. The van der Waals surface area contributed by atoms with Crippen molar-refractivity contribution in [1.82, 2.24) is 5.32 Å². The molecule has 7 nitrogen and oxygen atoms in total. The zero-order valence-corrected chi connectivity index (χ0v) is 23.0. The van der Waals surface area contributed by atoms with E-state index in [2.05, 4.69) is 22.8 Å². The standard InChI is InChI=1S/C33H34N2O5/c1-19-15-20(2)29(21(3)16-19)27-13-14-28(40-27)32(37)34-26-18-24-12-8-7-11-23(24)17-25(26)31(36)35-30(33(38)39)22-9-5-4-6-10-22/h7-8,11-18,22,30H,4-6,9-10H2,1-3H3,(H,34,37)(H,35,36)(H,38,39)/t30-/m0/s1. The Morgan fingerprint density at radius 3 is 2.15 bits per heavy atom. The van der Waals surface area contributed by atoms with Crippen LogP contribution in [0.1, 0.15) is 69.7 Å². The van der Waals surface area contributed by atoms with E-state index in [9.17, 15) is 19.5 Å². The highest BCUT2D eigenvalue weighted by Gasteiger charge is 2.32. The summed E-state index contributed by atoms with van der Waals surface area (Å²) in [6.07, 6.45) is 4.51. The van der Waals surface area contributed by atoms with Crippen LogP contribution in [0.5, 0.6) is 0 Å². The Kier molecular flexibility index (Phi) is 7.74. The van der Waals surface area contributed by atoms with Gasteiger partial charge in [0.1, 0.15) is 11.8 Å². The molecule has 0 aliphatic heterocycles. The molecule has 7 heteroatoms. The summed E-state index contributed by atoms with van der Waals surface area (Å²) < 4.78 is 5.98. The van der Waals surface area contributed by atoms with Crippen LogP contribution < -0.4 is 10.6 Å². The van der Waals surface area contributed by atoms with Crippen LogP contribution in [-0.2, 0) is 4.79 Å². The second kappa shape index (κ2) is 11.4. The number of carbonyl (C=O) groups excluding carboxylic acids is 2. The molecule has 1 heterocycles. The number of carboxylic acids is 1. The normalized spacial score (nSPS) is 14.6. The van der Waals surface area contributed by atoms with Crippen LogP contribution in [-0.4, -0.2) is 28.9 Å². The van der Waals surface area contributed by atoms with Gasteiger partial charge in [-0.1, -0.05) is 61.2 Å². The van der Waals surface area contributed by atoms with Gasteiger partial charge in [-0.25, -0.2) is 4.79 Å². The first-order valence-electron chi connectivity index (χ1n) is 13.8. The molecule has 206 valence electrons. The first-order valence-corrected chi connectivity index (χ1v) is 13.8. The van der Waals surface area contributed by atoms with Gasteiger partial charge in [-0.2, -0.15) is 0 Å². The van der Waals surface area contributed by atoms with Gasteiger partial charge < -0.3 is 20.2 Å². The largest absolute Gasteiger partial charge is 0.480 e. The van der Waals surface area contributed by atoms with Gasteiger partial charge >= 0.3 is 5.97 Å². The van der Waals surface area contributed by atoms with Crippen molar-refractivity contribution in [2.45, 2.75) is 58.9 Å². The lowest BCUT2D eigenvalue weighted by Gasteiger charge is -2.28. The molecule has 0 saturated heterocycles. The first-order chi connectivity index (χ1) is 19.2. The van der Waals surface area contributed by atoms with Gasteiger partial charge in [-0.15, -0.1) is 0 Å². The third-order valence-corrected chi connectivity index (χ3v) is 7.81. The lowest BCUT2D eigenvalue weighted by Crippen LogP contribution is -2.46. The van der Waals surface area contributed by atoms with E-state index >= 15 is 0 Å². The van der Waals surface area contributed by atoms with Crippen molar-refractivity contribution in [3.63, 3.8) is 0 Å². The Morgan fingerprint density at radius 2 is 1.50 bits per heavy atom. The quantitative estimate of drug-likeness (QED) is 0.234. The molecule has 4 aromatic rings. The van der Waals surface area contributed by atoms with E-state index in [0.717, 1.165) is 65.1 Å². The zero-order chi connectivity index (χ0) is 28.4. The minimum Gasteiger partial charge on any atom is -0.480 e. The van der Waals surface area contributed by atoms with Gasteiger partial charge in [0.25, 0.3) is 11.8 Å². The Hall–Kier alpha value is -4.39. The van der Waals surface area contributed by atoms with Crippen LogP contribution in [0.4, 0.5) is 5.69 Å². The fourth-order valence-corrected chi connectivity index (χ4v) is 5.95. The zero-order valence-electron chi connectivity index (χ0n) is 23.0. The van der Waals surface area contributed by atoms with E-state index in [1.54, 1.807) is 24.3 Å². The van der Waals surface area contributed by atoms with Crippen molar-refractivity contribution in [3.05, 3.63) is 88.7 Å². The van der Waals surface area contributed by atoms with Crippen molar-refractivity contribution in [3.8, 4) is 11.3 Å². The van der Waals surface area contributed by atoms with Gasteiger partial charge in [0.15, 0.2) is 5.76 Å². The van der Waals surface area contributed by atoms with Crippen molar-refractivity contribution in [2.75, 3.05) is 5.32 Å². The van der Waals surface area contributed by atoms with Crippen molar-refractivity contribution >= 4 is 34.2 Å². The SMILES string of the molecule is Cc1cc(C)c(-c2ccc(C(=O)Nc3cc4ccccc4cc3C(=O)N[C@H](C(=O)O)C3CCCCC3)o2)c(C)c1. The highest BCUT2D eigenvalue weighted by Crippen LogP contribution is 2.32. The number of carbonyl (C=O) groups is 3. The maximum absolute atomic E-state index is 13.5. The molecule has 0 bridgehead atoms. The van der Waals surface area contributed by atoms with E-state index in [0.29, 0.717) is 5.76 Å². The molecule has 5 rings (SSSR count). The Bertz CT molecular complexity index is 1570. The summed E-state index contributed by atoms with van der Waals surface area (Å²) in [6.45, 7) is 6.06. The fraction of sp³-hybridized carbons (Fsp3) is 0.303. The molecule has 1 saturated carbocycles. The number of amides is 2. The van der Waals surface area contributed by atoms with Crippen molar-refractivity contribution < 1.29 is 23.9 Å². The number of hydrogen-bond donors (Lipinski definition) is 3. The molecule has 0 spiro atoms. The van der Waals surface area contributed by atoms with Gasteiger partial charge in [0.05, 0.1) is 11.3 Å². The molecule has 1 fully saturated rings. The smallest absolute Gasteiger partial charge is 0.326 e. The number of hydrogen-bond acceptors (Lipinski definition) is 4. The molecule has 1 aliphatic rings. The highest BCUT2D eigenvalue weighted by molar-refractivity contribution is 6.11. The Labute approximate surface area is 233 Å².